The summed E-state index contributed by atoms with van der Waals surface area (Å²) in [6.45, 7) is 5.27. The van der Waals surface area contributed by atoms with Crippen LogP contribution in [-0.4, -0.2) is 93.3 Å². The molecule has 1 unspecified atom stereocenters. The Morgan fingerprint density at radius 2 is 1.72 bits per heavy atom. The van der Waals surface area contributed by atoms with E-state index in [1.807, 2.05) is 36.4 Å². The Hall–Kier alpha value is -5.44. The van der Waals surface area contributed by atoms with Gasteiger partial charge in [0.05, 0.1) is 11.7 Å². The highest BCUT2D eigenvalue weighted by atomic mass is 19.1. The first-order chi connectivity index (χ1) is 29.7. The number of oxazole rings is 1. The number of benzene rings is 2. The van der Waals surface area contributed by atoms with Gasteiger partial charge in [0.1, 0.15) is 11.7 Å². The molecule has 3 atom stereocenters. The van der Waals surface area contributed by atoms with Crippen LogP contribution in [0.2, 0.25) is 0 Å². The van der Waals surface area contributed by atoms with E-state index in [1.165, 1.54) is 10.8 Å². The van der Waals surface area contributed by atoms with E-state index in [-0.39, 0.29) is 48.2 Å². The van der Waals surface area contributed by atoms with E-state index in [0.717, 1.165) is 108 Å². The fraction of sp³-hybridized carbons (Fsp3) is 0.543. The minimum atomic E-state index is -0.752. The van der Waals surface area contributed by atoms with Gasteiger partial charge in [-0.05, 0) is 132 Å². The van der Waals surface area contributed by atoms with Gasteiger partial charge in [-0.15, -0.1) is 0 Å². The molecule has 4 amide bonds. The third-order valence-electron chi connectivity index (χ3n) is 13.9. The second kappa shape index (κ2) is 17.9. The lowest BCUT2D eigenvalue weighted by Gasteiger charge is -2.38. The van der Waals surface area contributed by atoms with Crippen molar-refractivity contribution in [3.8, 4) is 11.3 Å². The van der Waals surface area contributed by atoms with E-state index in [9.17, 15) is 24.0 Å². The number of likely N-dealkylation sites (tertiary alicyclic amines) is 2. The molecule has 61 heavy (non-hydrogen) atoms. The summed E-state index contributed by atoms with van der Waals surface area (Å²) in [7, 11) is 0. The van der Waals surface area contributed by atoms with E-state index in [1.54, 1.807) is 11.0 Å². The quantitative estimate of drug-likeness (QED) is 0.177. The minimum absolute atomic E-state index is 0.00980. The van der Waals surface area contributed by atoms with Crippen molar-refractivity contribution in [3.63, 3.8) is 0 Å². The molecule has 322 valence electrons. The molecule has 0 radical (unpaired) electrons. The Bertz CT molecular complexity index is 2350. The van der Waals surface area contributed by atoms with Crippen molar-refractivity contribution in [3.05, 3.63) is 70.6 Å². The first-order valence-corrected chi connectivity index (χ1v) is 22.4. The van der Waals surface area contributed by atoms with Crippen LogP contribution in [0.3, 0.4) is 0 Å². The number of hydrogen-bond acceptors (Lipinski definition) is 10. The van der Waals surface area contributed by atoms with Crippen LogP contribution in [0.1, 0.15) is 107 Å². The van der Waals surface area contributed by atoms with Crippen LogP contribution in [0.4, 0.5) is 16.0 Å². The van der Waals surface area contributed by atoms with E-state index in [2.05, 4.69) is 30.4 Å². The lowest BCUT2D eigenvalue weighted by molar-refractivity contribution is -0.138. The van der Waals surface area contributed by atoms with Gasteiger partial charge in [0.25, 0.3) is 0 Å². The molecule has 5 aliphatic rings. The number of imide groups is 1. The van der Waals surface area contributed by atoms with E-state index < -0.39 is 23.5 Å². The fourth-order valence-corrected chi connectivity index (χ4v) is 10.4. The Labute approximate surface area is 354 Å². The van der Waals surface area contributed by atoms with Crippen molar-refractivity contribution in [1.29, 1.82) is 0 Å². The van der Waals surface area contributed by atoms with Crippen LogP contribution in [0, 0.1) is 17.7 Å². The van der Waals surface area contributed by atoms with Gasteiger partial charge in [-0.2, -0.15) is 0 Å². The normalized spacial score (nSPS) is 23.7. The number of fused-ring (bicyclic) bond motifs is 1. The smallest absolute Gasteiger partial charge is 0.408 e. The zero-order chi connectivity index (χ0) is 42.0. The molecule has 14 nitrogen and oxygen atoms in total. The Balaban J connectivity index is 0.722. The van der Waals surface area contributed by atoms with E-state index >= 15 is 4.39 Å². The van der Waals surface area contributed by atoms with E-state index in [4.69, 9.17) is 4.42 Å². The standard InChI is InChI=1S/C46H55FN8O6/c47-36-28-48-45(51-42(36)32-5-4-8-35(26-32)54-19-2-1-9-41(54)57)49-34-7-3-6-33(25-34)44(59)53-23-15-29(16-24-53)14-20-52-21-17-30(18-22-52)31-10-11-37-39(27-31)61-46(60)55(37)38-12-13-40(56)50-43(38)58/h4-5,8,10-11,26-30,33-34,38H,1-3,6-7,9,12-25H2,(H,48,49,51)(H,50,56,58)/t33-,34+,38?/m1/s1. The zero-order valence-corrected chi connectivity index (χ0v) is 34.7. The largest absolute Gasteiger partial charge is 0.420 e. The molecule has 0 bridgehead atoms. The van der Waals surface area contributed by atoms with Crippen LogP contribution in [-0.2, 0) is 19.2 Å². The molecule has 4 saturated heterocycles. The average molecular weight is 835 g/mol. The molecule has 9 rings (SSSR count). The predicted molar refractivity (Wildman–Crippen MR) is 227 cm³/mol. The molecular weight excluding hydrogens is 780 g/mol. The summed E-state index contributed by atoms with van der Waals surface area (Å²) < 4.78 is 22.1. The summed E-state index contributed by atoms with van der Waals surface area (Å²) in [6, 6.07) is 12.4. The van der Waals surface area contributed by atoms with Crippen molar-refractivity contribution >= 4 is 46.4 Å². The highest BCUT2D eigenvalue weighted by Crippen LogP contribution is 2.34. The first-order valence-electron chi connectivity index (χ1n) is 22.4. The molecule has 5 fully saturated rings. The van der Waals surface area contributed by atoms with Gasteiger partial charge in [-0.1, -0.05) is 24.6 Å². The number of hydrogen-bond donors (Lipinski definition) is 2. The number of carbonyl (C=O) groups excluding carboxylic acids is 4. The number of aromatic nitrogens is 3. The Morgan fingerprint density at radius 3 is 2.52 bits per heavy atom. The van der Waals surface area contributed by atoms with Gasteiger partial charge in [-0.25, -0.2) is 19.2 Å². The summed E-state index contributed by atoms with van der Waals surface area (Å²) in [5, 5.41) is 5.74. The minimum Gasteiger partial charge on any atom is -0.408 e. The predicted octanol–water partition coefficient (Wildman–Crippen LogP) is 6.16. The van der Waals surface area contributed by atoms with Gasteiger partial charge in [0, 0.05) is 55.7 Å². The fourth-order valence-electron chi connectivity index (χ4n) is 10.4. The van der Waals surface area contributed by atoms with Gasteiger partial charge in [0.15, 0.2) is 11.4 Å². The van der Waals surface area contributed by atoms with Crippen LogP contribution < -0.4 is 21.3 Å². The summed E-state index contributed by atoms with van der Waals surface area (Å²) in [5.74, 6) is -0.353. The molecule has 2 aromatic carbocycles. The molecule has 4 aromatic rings. The maximum absolute atomic E-state index is 15.1. The van der Waals surface area contributed by atoms with Crippen LogP contribution in [0.25, 0.3) is 22.4 Å². The van der Waals surface area contributed by atoms with Crippen molar-refractivity contribution < 1.29 is 28.0 Å². The van der Waals surface area contributed by atoms with Crippen molar-refractivity contribution in [2.75, 3.05) is 49.5 Å². The second-order valence-electron chi connectivity index (χ2n) is 17.8. The van der Waals surface area contributed by atoms with Gasteiger partial charge >= 0.3 is 5.76 Å². The number of nitrogens with zero attached hydrogens (tertiary/aromatic N) is 6. The third-order valence-corrected chi connectivity index (χ3v) is 13.9. The topological polar surface area (TPSA) is 163 Å². The van der Waals surface area contributed by atoms with E-state index in [0.29, 0.717) is 53.8 Å². The lowest BCUT2D eigenvalue weighted by Crippen LogP contribution is -2.44. The molecule has 2 N–H and O–H groups in total. The highest BCUT2D eigenvalue weighted by molar-refractivity contribution is 6.00. The number of rotatable bonds is 10. The van der Waals surface area contributed by atoms with Crippen molar-refractivity contribution in [1.82, 2.24) is 29.7 Å². The summed E-state index contributed by atoms with van der Waals surface area (Å²) >= 11 is 0. The number of nitrogens with one attached hydrogen (secondary N) is 2. The second-order valence-corrected chi connectivity index (χ2v) is 17.8. The number of halogens is 1. The highest BCUT2D eigenvalue weighted by Gasteiger charge is 2.34. The number of amides is 4. The number of piperidine rings is 4. The molecule has 4 aliphatic heterocycles. The summed E-state index contributed by atoms with van der Waals surface area (Å²) in [5.41, 5.74) is 3.71. The van der Waals surface area contributed by atoms with Crippen molar-refractivity contribution in [2.24, 2.45) is 11.8 Å². The Kier molecular flexibility index (Phi) is 12.0. The maximum atomic E-state index is 15.1. The molecule has 6 heterocycles. The maximum Gasteiger partial charge on any atom is 0.420 e. The monoisotopic (exact) mass is 834 g/mol. The molecular formula is C46H55FN8O6. The van der Waals surface area contributed by atoms with Gasteiger partial charge in [0.2, 0.25) is 29.6 Å². The number of carbonyl (C=O) groups is 4. The zero-order valence-electron chi connectivity index (χ0n) is 34.7. The average Bonchev–Trinajstić information content (AvgIpc) is 3.61. The molecule has 1 aliphatic carbocycles. The van der Waals surface area contributed by atoms with Crippen LogP contribution in [0.15, 0.2) is 57.9 Å². The summed E-state index contributed by atoms with van der Waals surface area (Å²) in [4.78, 5) is 78.4. The molecule has 2 aromatic heterocycles. The molecule has 0 spiro atoms. The van der Waals surface area contributed by atoms with Gasteiger partial charge < -0.3 is 24.4 Å². The van der Waals surface area contributed by atoms with Gasteiger partial charge in [-0.3, -0.25) is 29.1 Å². The third kappa shape index (κ3) is 8.98. The van der Waals surface area contributed by atoms with Crippen molar-refractivity contribution in [2.45, 2.75) is 108 Å². The molecule has 1 saturated carbocycles. The number of anilines is 2. The molecule has 15 heteroatoms. The lowest BCUT2D eigenvalue weighted by atomic mass is 9.84. The SMILES string of the molecule is O=C1CCC(n2c(=O)oc3cc(C4CCN(CCC5CCN(C(=O)[C@@H]6CCC[C@H](Nc7ncc(F)c(-c8cccc(N9CCCCC9=O)c8)n7)C6)CC5)CC4)ccc32)C(=O)N1. The Morgan fingerprint density at radius 1 is 0.885 bits per heavy atom. The van der Waals surface area contributed by atoms with Crippen LogP contribution in [0.5, 0.6) is 0 Å². The first kappa shape index (κ1) is 40.9. The summed E-state index contributed by atoms with van der Waals surface area (Å²) in [6.07, 6.45) is 12.5. The van der Waals surface area contributed by atoms with Crippen LogP contribution >= 0.6 is 0 Å².